The summed E-state index contributed by atoms with van der Waals surface area (Å²) in [6.45, 7) is 0. The highest BCUT2D eigenvalue weighted by atomic mass is 79.9. The van der Waals surface area contributed by atoms with Crippen molar-refractivity contribution >= 4 is 27.5 Å². The third kappa shape index (κ3) is 3.18. The molecule has 0 bridgehead atoms. The summed E-state index contributed by atoms with van der Waals surface area (Å²) in [5, 5.41) is 1.37. The molecular formula is C14H12BrClO2. The molecule has 0 aliphatic carbocycles. The third-order valence-electron chi connectivity index (χ3n) is 2.44. The van der Waals surface area contributed by atoms with Gasteiger partial charge in [-0.05, 0) is 42.0 Å². The van der Waals surface area contributed by atoms with Gasteiger partial charge in [-0.25, -0.2) is 0 Å². The molecule has 94 valence electrons. The normalized spacial score (nSPS) is 10.2. The zero-order valence-electron chi connectivity index (χ0n) is 9.82. The fourth-order valence-corrected chi connectivity index (χ4v) is 2.07. The summed E-state index contributed by atoms with van der Waals surface area (Å²) in [5.41, 5.74) is 1.11. The number of benzene rings is 2. The lowest BCUT2D eigenvalue weighted by atomic mass is 10.2. The molecule has 0 radical (unpaired) electrons. The predicted molar refractivity (Wildman–Crippen MR) is 77.2 cm³/mol. The van der Waals surface area contributed by atoms with E-state index in [4.69, 9.17) is 21.1 Å². The second-order valence-electron chi connectivity index (χ2n) is 3.68. The van der Waals surface area contributed by atoms with Crippen LogP contribution in [0.25, 0.3) is 0 Å². The molecule has 0 N–H and O–H groups in total. The van der Waals surface area contributed by atoms with Crippen LogP contribution in [-0.2, 0) is 5.33 Å². The van der Waals surface area contributed by atoms with E-state index >= 15 is 0 Å². The number of ether oxygens (including phenoxy) is 2. The molecule has 2 aromatic rings. The number of methoxy groups -OCH3 is 1. The smallest absolute Gasteiger partial charge is 0.146 e. The molecule has 0 aromatic heterocycles. The maximum atomic E-state index is 6.15. The number of hydrogen-bond acceptors (Lipinski definition) is 2. The van der Waals surface area contributed by atoms with Gasteiger partial charge in [-0.15, -0.1) is 0 Å². The maximum absolute atomic E-state index is 6.15. The van der Waals surface area contributed by atoms with Crippen LogP contribution in [0.4, 0.5) is 0 Å². The molecular weight excluding hydrogens is 316 g/mol. The van der Waals surface area contributed by atoms with Crippen molar-refractivity contribution in [3.05, 3.63) is 53.1 Å². The lowest BCUT2D eigenvalue weighted by Crippen LogP contribution is -1.87. The molecule has 0 fully saturated rings. The van der Waals surface area contributed by atoms with Crippen molar-refractivity contribution in [1.29, 1.82) is 0 Å². The molecule has 0 heterocycles. The van der Waals surface area contributed by atoms with Crippen LogP contribution in [0.15, 0.2) is 42.5 Å². The van der Waals surface area contributed by atoms with E-state index in [1.54, 1.807) is 7.11 Å². The van der Waals surface area contributed by atoms with Gasteiger partial charge in [-0.3, -0.25) is 0 Å². The highest BCUT2D eigenvalue weighted by Crippen LogP contribution is 2.31. The zero-order chi connectivity index (χ0) is 13.0. The average molecular weight is 328 g/mol. The maximum Gasteiger partial charge on any atom is 0.146 e. The first-order chi connectivity index (χ1) is 8.72. The second kappa shape index (κ2) is 6.12. The first kappa shape index (κ1) is 13.2. The molecule has 0 saturated heterocycles. The van der Waals surface area contributed by atoms with Crippen molar-refractivity contribution < 1.29 is 9.47 Å². The number of alkyl halides is 1. The van der Waals surface area contributed by atoms with Crippen molar-refractivity contribution in [2.75, 3.05) is 7.11 Å². The Labute approximate surface area is 120 Å². The van der Waals surface area contributed by atoms with E-state index in [1.807, 2.05) is 42.5 Å². The van der Waals surface area contributed by atoms with Crippen molar-refractivity contribution in [1.82, 2.24) is 0 Å². The molecule has 0 atom stereocenters. The van der Waals surface area contributed by atoms with Crippen LogP contribution in [-0.4, -0.2) is 7.11 Å². The lowest BCUT2D eigenvalue weighted by molar-refractivity contribution is 0.413. The van der Waals surface area contributed by atoms with Gasteiger partial charge in [0, 0.05) is 5.33 Å². The van der Waals surface area contributed by atoms with E-state index in [1.165, 1.54) is 0 Å². The number of halogens is 2. The Morgan fingerprint density at radius 2 is 1.72 bits per heavy atom. The van der Waals surface area contributed by atoms with Crippen LogP contribution < -0.4 is 9.47 Å². The zero-order valence-corrected chi connectivity index (χ0v) is 12.2. The fraction of sp³-hybridized carbons (Fsp3) is 0.143. The summed E-state index contributed by atoms with van der Waals surface area (Å²) in [6, 6.07) is 13.1. The Morgan fingerprint density at radius 3 is 2.28 bits per heavy atom. The van der Waals surface area contributed by atoms with Gasteiger partial charge >= 0.3 is 0 Å². The third-order valence-corrected chi connectivity index (χ3v) is 3.38. The van der Waals surface area contributed by atoms with Gasteiger partial charge in [-0.2, -0.15) is 0 Å². The summed E-state index contributed by atoms with van der Waals surface area (Å²) >= 11 is 9.53. The highest BCUT2D eigenvalue weighted by Gasteiger charge is 2.04. The van der Waals surface area contributed by atoms with Crippen LogP contribution in [0, 0.1) is 0 Å². The van der Waals surface area contributed by atoms with Gasteiger partial charge in [-0.1, -0.05) is 33.6 Å². The van der Waals surface area contributed by atoms with Crippen LogP contribution >= 0.6 is 27.5 Å². The lowest BCUT2D eigenvalue weighted by Gasteiger charge is -2.09. The van der Waals surface area contributed by atoms with Crippen molar-refractivity contribution in [2.24, 2.45) is 0 Å². The number of hydrogen-bond donors (Lipinski definition) is 0. The van der Waals surface area contributed by atoms with E-state index in [0.717, 1.165) is 22.4 Å². The Balaban J connectivity index is 2.17. The van der Waals surface area contributed by atoms with E-state index in [2.05, 4.69) is 15.9 Å². The van der Waals surface area contributed by atoms with E-state index in [0.29, 0.717) is 10.8 Å². The Bertz CT molecular complexity index is 526. The molecule has 0 unspecified atom stereocenters. The van der Waals surface area contributed by atoms with Crippen molar-refractivity contribution in [3.63, 3.8) is 0 Å². The molecule has 0 aliphatic rings. The molecule has 0 saturated carbocycles. The standard InChI is InChI=1S/C14H12BrClO2/c1-17-11-3-5-12(6-4-11)18-14-7-2-10(9-15)8-13(14)16/h2-8H,9H2,1H3. The van der Waals surface area contributed by atoms with Gasteiger partial charge in [0.15, 0.2) is 0 Å². The molecule has 2 nitrogen and oxygen atoms in total. The topological polar surface area (TPSA) is 18.5 Å². The van der Waals surface area contributed by atoms with Crippen molar-refractivity contribution in [3.8, 4) is 17.2 Å². The second-order valence-corrected chi connectivity index (χ2v) is 4.64. The summed E-state index contributed by atoms with van der Waals surface area (Å²) in [7, 11) is 1.63. The van der Waals surface area contributed by atoms with E-state index < -0.39 is 0 Å². The van der Waals surface area contributed by atoms with Crippen LogP contribution in [0.1, 0.15) is 5.56 Å². The van der Waals surface area contributed by atoms with Gasteiger partial charge in [0.1, 0.15) is 17.2 Å². The Morgan fingerprint density at radius 1 is 1.06 bits per heavy atom. The first-order valence-corrected chi connectivity index (χ1v) is 6.89. The van der Waals surface area contributed by atoms with Gasteiger partial charge in [0.2, 0.25) is 0 Å². The average Bonchev–Trinajstić information content (AvgIpc) is 2.42. The van der Waals surface area contributed by atoms with Gasteiger partial charge in [0.25, 0.3) is 0 Å². The highest BCUT2D eigenvalue weighted by molar-refractivity contribution is 9.08. The molecule has 0 spiro atoms. The predicted octanol–water partition coefficient (Wildman–Crippen LogP) is 5.04. The summed E-state index contributed by atoms with van der Waals surface area (Å²) < 4.78 is 10.8. The van der Waals surface area contributed by atoms with Crippen LogP contribution in [0.5, 0.6) is 17.2 Å². The summed E-state index contributed by atoms with van der Waals surface area (Å²) in [4.78, 5) is 0. The van der Waals surface area contributed by atoms with E-state index in [9.17, 15) is 0 Å². The minimum Gasteiger partial charge on any atom is -0.497 e. The van der Waals surface area contributed by atoms with Crippen molar-refractivity contribution in [2.45, 2.75) is 5.33 Å². The minimum atomic E-state index is 0.600. The molecule has 0 amide bonds. The summed E-state index contributed by atoms with van der Waals surface area (Å²) in [6.07, 6.45) is 0. The summed E-state index contributed by atoms with van der Waals surface area (Å²) in [5.74, 6) is 2.17. The number of rotatable bonds is 4. The van der Waals surface area contributed by atoms with Gasteiger partial charge in [0.05, 0.1) is 12.1 Å². The largest absolute Gasteiger partial charge is 0.497 e. The Kier molecular flexibility index (Phi) is 4.50. The molecule has 0 aliphatic heterocycles. The molecule has 2 aromatic carbocycles. The van der Waals surface area contributed by atoms with Crippen LogP contribution in [0.3, 0.4) is 0 Å². The molecule has 18 heavy (non-hydrogen) atoms. The molecule has 4 heteroatoms. The first-order valence-electron chi connectivity index (χ1n) is 5.39. The SMILES string of the molecule is COc1ccc(Oc2ccc(CBr)cc2Cl)cc1. The monoisotopic (exact) mass is 326 g/mol. The quantitative estimate of drug-likeness (QED) is 0.733. The van der Waals surface area contributed by atoms with Crippen LogP contribution in [0.2, 0.25) is 5.02 Å². The van der Waals surface area contributed by atoms with E-state index in [-0.39, 0.29) is 0 Å². The minimum absolute atomic E-state index is 0.600. The van der Waals surface area contributed by atoms with Gasteiger partial charge < -0.3 is 9.47 Å². The fourth-order valence-electron chi connectivity index (χ4n) is 1.48. The molecule has 2 rings (SSSR count). The Hall–Kier alpha value is -1.19.